The molecule has 0 radical (unpaired) electrons. The van der Waals surface area contributed by atoms with Crippen LogP contribution in [0.15, 0.2) is 52.4 Å². The van der Waals surface area contributed by atoms with Crippen LogP contribution in [0.4, 0.5) is 8.78 Å². The smallest absolute Gasteiger partial charge is 0.236 e. The molecule has 0 bridgehead atoms. The number of likely N-dealkylation sites (tertiary alicyclic amines) is 1. The van der Waals surface area contributed by atoms with Gasteiger partial charge in [-0.3, -0.25) is 9.69 Å². The number of aliphatic imine (C=N–C) groups is 1. The van der Waals surface area contributed by atoms with Crippen LogP contribution in [0.5, 0.6) is 5.75 Å². The van der Waals surface area contributed by atoms with E-state index in [4.69, 9.17) is 19.6 Å². The summed E-state index contributed by atoms with van der Waals surface area (Å²) in [6.45, 7) is 11.8. The maximum Gasteiger partial charge on any atom is 0.236 e. The highest BCUT2D eigenvalue weighted by Crippen LogP contribution is 2.32. The molecule has 4 heterocycles. The van der Waals surface area contributed by atoms with E-state index in [9.17, 15) is 13.6 Å². The molecule has 2 atom stereocenters. The van der Waals surface area contributed by atoms with Gasteiger partial charge in [-0.15, -0.1) is 0 Å². The lowest BCUT2D eigenvalue weighted by molar-refractivity contribution is -0.125. The Kier molecular flexibility index (Phi) is 11.3. The largest absolute Gasteiger partial charge is 0.487 e. The van der Waals surface area contributed by atoms with Gasteiger partial charge in [0, 0.05) is 88.2 Å². The predicted octanol–water partition coefficient (Wildman–Crippen LogP) is 6.10. The van der Waals surface area contributed by atoms with Crippen LogP contribution < -0.4 is 10.1 Å². The number of piperidine rings is 1. The summed E-state index contributed by atoms with van der Waals surface area (Å²) in [6.07, 6.45) is 9.78. The minimum Gasteiger partial charge on any atom is -0.487 e. The molecule has 0 saturated carbocycles. The van der Waals surface area contributed by atoms with Crippen molar-refractivity contribution in [3.63, 3.8) is 0 Å². The number of benzene rings is 1. The van der Waals surface area contributed by atoms with Crippen molar-refractivity contribution in [1.82, 2.24) is 24.9 Å². The second-order valence-corrected chi connectivity index (χ2v) is 12.6. The van der Waals surface area contributed by atoms with Crippen molar-refractivity contribution in [3.05, 3.63) is 64.6 Å². The zero-order valence-corrected chi connectivity index (χ0v) is 27.8. The van der Waals surface area contributed by atoms with Gasteiger partial charge in [-0.2, -0.15) is 5.10 Å². The first-order chi connectivity index (χ1) is 22.2. The average molecular weight is 639 g/mol. The van der Waals surface area contributed by atoms with Crippen LogP contribution in [0, 0.1) is 11.6 Å². The molecule has 11 heteroatoms. The third-order valence-corrected chi connectivity index (χ3v) is 9.43. The Bertz CT molecular complexity index is 1470. The highest BCUT2D eigenvalue weighted by Gasteiger charge is 2.30. The van der Waals surface area contributed by atoms with Crippen LogP contribution in [0.2, 0.25) is 0 Å². The molecular weight excluding hydrogens is 590 g/mol. The molecule has 2 aromatic rings. The number of aromatic nitrogens is 2. The van der Waals surface area contributed by atoms with E-state index in [0.717, 1.165) is 79.6 Å². The molecule has 0 spiro atoms. The molecule has 1 aromatic carbocycles. The van der Waals surface area contributed by atoms with Gasteiger partial charge in [0.15, 0.2) is 11.6 Å². The molecule has 1 aromatic heterocycles. The predicted molar refractivity (Wildman–Crippen MR) is 175 cm³/mol. The molecule has 46 heavy (non-hydrogen) atoms. The number of amides is 1. The lowest BCUT2D eigenvalue weighted by Gasteiger charge is -2.36. The van der Waals surface area contributed by atoms with Crippen molar-refractivity contribution >= 4 is 17.3 Å². The Hall–Kier alpha value is -3.57. The first-order valence-electron chi connectivity index (χ1n) is 16.6. The summed E-state index contributed by atoms with van der Waals surface area (Å²) in [5.41, 5.74) is 5.45. The fraction of sp³-hybridized carbons (Fsp3) is 0.571. The van der Waals surface area contributed by atoms with Crippen molar-refractivity contribution in [2.24, 2.45) is 4.99 Å². The zero-order chi connectivity index (χ0) is 32.8. The molecule has 2 unspecified atom stereocenters. The number of amidine groups is 1. The molecule has 2 fully saturated rings. The number of hydrogen-bond acceptors (Lipinski definition) is 6. The minimum atomic E-state index is -0.688. The topological polar surface area (TPSA) is 84.2 Å². The third kappa shape index (κ3) is 7.86. The number of nitrogens with zero attached hydrogens (tertiary/aromatic N) is 5. The summed E-state index contributed by atoms with van der Waals surface area (Å²) in [5, 5.41) is 7.50. The van der Waals surface area contributed by atoms with Crippen molar-refractivity contribution in [1.29, 1.82) is 0 Å². The van der Waals surface area contributed by atoms with Crippen molar-refractivity contribution in [2.45, 2.75) is 91.0 Å². The monoisotopic (exact) mass is 638 g/mol. The maximum absolute atomic E-state index is 14.4. The van der Waals surface area contributed by atoms with E-state index in [1.807, 2.05) is 17.8 Å². The van der Waals surface area contributed by atoms with Crippen LogP contribution in [0.25, 0.3) is 5.57 Å². The Balaban J connectivity index is 1.45. The molecule has 2 saturated heterocycles. The Labute approximate surface area is 271 Å². The molecule has 0 aliphatic carbocycles. The summed E-state index contributed by atoms with van der Waals surface area (Å²) in [5.74, 6) is -0.326. The lowest BCUT2D eigenvalue weighted by Crippen LogP contribution is -2.46. The fourth-order valence-electron chi connectivity index (χ4n) is 6.44. The molecule has 1 amide bonds. The second kappa shape index (κ2) is 15.3. The molecule has 1 N–H and O–H groups in total. The SMILES string of the molecule is CC/C(C)=C(/C(=NC1=C(C)CN(C(C)C(=O)NC)CC1)N1CCC(Oc2ccc(F)cc2F)CC1)c1cnn(C2CCCCO2)c1. The summed E-state index contributed by atoms with van der Waals surface area (Å²) in [6, 6.07) is 3.21. The number of rotatable bonds is 9. The van der Waals surface area contributed by atoms with E-state index in [2.05, 4.69) is 42.1 Å². The van der Waals surface area contributed by atoms with Gasteiger partial charge in [0.2, 0.25) is 5.91 Å². The van der Waals surface area contributed by atoms with Crippen molar-refractivity contribution < 1.29 is 23.0 Å². The van der Waals surface area contributed by atoms with E-state index in [1.165, 1.54) is 17.7 Å². The van der Waals surface area contributed by atoms with E-state index in [-0.39, 0.29) is 30.0 Å². The molecular formula is C35H48F2N6O3. The second-order valence-electron chi connectivity index (χ2n) is 12.6. The van der Waals surface area contributed by atoms with E-state index in [1.54, 1.807) is 7.05 Å². The molecule has 9 nitrogen and oxygen atoms in total. The molecule has 3 aliphatic heterocycles. The summed E-state index contributed by atoms with van der Waals surface area (Å²) in [4.78, 5) is 22.3. The number of ether oxygens (including phenoxy) is 2. The number of carbonyl (C=O) groups excluding carboxylic acids is 1. The number of carbonyl (C=O) groups is 1. The van der Waals surface area contributed by atoms with Crippen LogP contribution in [0.1, 0.15) is 84.4 Å². The molecule has 3 aliphatic rings. The number of allylic oxidation sites excluding steroid dienone is 1. The van der Waals surface area contributed by atoms with Gasteiger partial charge >= 0.3 is 0 Å². The highest BCUT2D eigenvalue weighted by molar-refractivity contribution is 6.23. The number of halogens is 2. The van der Waals surface area contributed by atoms with Gasteiger partial charge < -0.3 is 19.7 Å². The Morgan fingerprint density at radius 2 is 1.98 bits per heavy atom. The van der Waals surface area contributed by atoms with E-state index in [0.29, 0.717) is 32.5 Å². The quantitative estimate of drug-likeness (QED) is 0.264. The zero-order valence-electron chi connectivity index (χ0n) is 27.8. The van der Waals surface area contributed by atoms with Crippen LogP contribution in [-0.2, 0) is 9.53 Å². The van der Waals surface area contributed by atoms with Crippen molar-refractivity contribution in [2.75, 3.05) is 39.8 Å². The first-order valence-corrected chi connectivity index (χ1v) is 16.6. The van der Waals surface area contributed by atoms with E-state index < -0.39 is 11.6 Å². The fourth-order valence-corrected chi connectivity index (χ4v) is 6.44. The number of likely N-dealkylation sites (N-methyl/N-ethyl adjacent to an activating group) is 1. The van der Waals surface area contributed by atoms with Crippen molar-refractivity contribution in [3.8, 4) is 5.75 Å². The third-order valence-electron chi connectivity index (χ3n) is 9.43. The molecule has 5 rings (SSSR count). The van der Waals surface area contributed by atoms with Gasteiger partial charge in [0.05, 0.1) is 12.2 Å². The van der Waals surface area contributed by atoms with Gasteiger partial charge in [0.25, 0.3) is 0 Å². The standard InChI is InChI=1S/C35H48F2N6O3/c1-6-23(2)33(26-20-39-43(22-26)32-9-7-8-18-45-32)34(40-30-14-17-42(21-24(30)3)25(4)35(44)38-5)41-15-12-28(13-16-41)46-31-11-10-27(36)19-29(31)37/h10-11,19-20,22,25,28,32H,6-9,12-18,21H2,1-5H3,(H,38,44)/b33-23+,40-34?. The highest BCUT2D eigenvalue weighted by atomic mass is 19.1. The summed E-state index contributed by atoms with van der Waals surface area (Å²) >= 11 is 0. The lowest BCUT2D eigenvalue weighted by atomic mass is 9.97. The van der Waals surface area contributed by atoms with Gasteiger partial charge in [-0.05, 0) is 64.2 Å². The average Bonchev–Trinajstić information content (AvgIpc) is 3.56. The summed E-state index contributed by atoms with van der Waals surface area (Å²) in [7, 11) is 1.67. The van der Waals surface area contributed by atoms with Crippen LogP contribution in [0.3, 0.4) is 0 Å². The van der Waals surface area contributed by atoms with Crippen LogP contribution in [-0.4, -0.2) is 83.3 Å². The van der Waals surface area contributed by atoms with Gasteiger partial charge in [-0.25, -0.2) is 18.5 Å². The number of nitrogens with one attached hydrogen (secondary N) is 1. The maximum atomic E-state index is 14.4. The summed E-state index contributed by atoms with van der Waals surface area (Å²) < 4.78 is 41.8. The Morgan fingerprint density at radius 3 is 2.63 bits per heavy atom. The number of hydrogen-bond donors (Lipinski definition) is 1. The first kappa shape index (κ1) is 33.8. The molecule has 250 valence electrons. The van der Waals surface area contributed by atoms with Gasteiger partial charge in [-0.1, -0.05) is 12.5 Å². The van der Waals surface area contributed by atoms with E-state index >= 15 is 0 Å². The minimum absolute atomic E-state index is 0.00814. The Morgan fingerprint density at radius 1 is 1.20 bits per heavy atom. The normalized spacial score (nSPS) is 21.7. The van der Waals surface area contributed by atoms with Gasteiger partial charge in [0.1, 0.15) is 24.0 Å². The van der Waals surface area contributed by atoms with Crippen LogP contribution >= 0.6 is 0 Å².